The second kappa shape index (κ2) is 8.28. The Morgan fingerprint density at radius 1 is 1.13 bits per heavy atom. The van der Waals surface area contributed by atoms with Crippen LogP contribution in [0.2, 0.25) is 0 Å². The zero-order valence-electron chi connectivity index (χ0n) is 10.5. The molecule has 83 valence electrons. The second-order valence-electron chi connectivity index (χ2n) is 4.14. The van der Waals surface area contributed by atoms with Gasteiger partial charge in [0.25, 0.3) is 0 Å². The molecule has 0 atom stereocenters. The molecule has 0 aliphatic carbocycles. The number of hydrogen-bond acceptors (Lipinski definition) is 0. The molecule has 0 spiro atoms. The van der Waals surface area contributed by atoms with Crippen molar-refractivity contribution in [2.45, 2.75) is 40.5 Å². The van der Waals surface area contributed by atoms with E-state index in [1.54, 1.807) is 0 Å². The highest BCUT2D eigenvalue weighted by Gasteiger charge is 1.86. The molecule has 0 nitrogen and oxygen atoms in total. The first-order chi connectivity index (χ1) is 7.06. The van der Waals surface area contributed by atoms with Gasteiger partial charge in [0.05, 0.1) is 0 Å². The number of rotatable bonds is 5. The number of hydrogen-bond donors (Lipinski definition) is 0. The van der Waals surface area contributed by atoms with Gasteiger partial charge in [0.2, 0.25) is 0 Å². The van der Waals surface area contributed by atoms with Crippen LogP contribution in [-0.2, 0) is 0 Å². The molecule has 15 heavy (non-hydrogen) atoms. The lowest BCUT2D eigenvalue weighted by Crippen LogP contribution is -1.76. The molecule has 0 saturated heterocycles. The van der Waals surface area contributed by atoms with Crippen molar-refractivity contribution in [2.24, 2.45) is 0 Å². The molecule has 0 saturated carbocycles. The van der Waals surface area contributed by atoms with Crippen LogP contribution < -0.4 is 0 Å². The zero-order valence-corrected chi connectivity index (χ0v) is 10.5. The topological polar surface area (TPSA) is 0 Å². The van der Waals surface area contributed by atoms with E-state index in [1.807, 2.05) is 6.08 Å². The van der Waals surface area contributed by atoms with Crippen LogP contribution in [0.1, 0.15) is 40.5 Å². The average Bonchev–Trinajstić information content (AvgIpc) is 2.17. The summed E-state index contributed by atoms with van der Waals surface area (Å²) in [7, 11) is 0. The summed E-state index contributed by atoms with van der Waals surface area (Å²) in [5.41, 5.74) is 4.01. The van der Waals surface area contributed by atoms with E-state index in [0.717, 1.165) is 12.8 Å². The summed E-state index contributed by atoms with van der Waals surface area (Å²) in [6, 6.07) is 0. The average molecular weight is 203 g/mol. The largest absolute Gasteiger partial charge is 0.0856 e. The minimum Gasteiger partial charge on any atom is -0.0856 e. The Hall–Kier alpha value is -1.04. The smallest absolute Gasteiger partial charge is 0.0285 e. The second-order valence-corrected chi connectivity index (χ2v) is 4.14. The van der Waals surface area contributed by atoms with E-state index in [9.17, 15) is 0 Å². The summed E-state index contributed by atoms with van der Waals surface area (Å²) < 4.78 is 0. The Labute approximate surface area is 95.1 Å². The Morgan fingerprint density at radius 2 is 1.80 bits per heavy atom. The van der Waals surface area contributed by atoms with Gasteiger partial charge < -0.3 is 0 Å². The van der Waals surface area contributed by atoms with Gasteiger partial charge in [0, 0.05) is 0 Å². The van der Waals surface area contributed by atoms with Crippen LogP contribution >= 0.6 is 0 Å². The summed E-state index contributed by atoms with van der Waals surface area (Å²) >= 11 is 0. The predicted octanol–water partition coefficient (Wildman–Crippen LogP) is 5.02. The third-order valence-electron chi connectivity index (χ3n) is 2.15. The van der Waals surface area contributed by atoms with Crippen molar-refractivity contribution in [3.05, 3.63) is 54.0 Å². The SMILES string of the molecule is [CH2]C=C(C)C=CC=C(C)CCC=C(C)C. The van der Waals surface area contributed by atoms with Crippen LogP contribution in [0.15, 0.2) is 47.1 Å². The van der Waals surface area contributed by atoms with Crippen molar-refractivity contribution in [1.29, 1.82) is 0 Å². The van der Waals surface area contributed by atoms with E-state index >= 15 is 0 Å². The Balaban J connectivity index is 4.00. The van der Waals surface area contributed by atoms with Gasteiger partial charge in [-0.3, -0.25) is 0 Å². The highest BCUT2D eigenvalue weighted by molar-refractivity contribution is 5.22. The summed E-state index contributed by atoms with van der Waals surface area (Å²) in [6.45, 7) is 12.2. The molecule has 0 rings (SSSR count). The number of allylic oxidation sites excluding steroid dienone is 8. The van der Waals surface area contributed by atoms with Gasteiger partial charge in [-0.1, -0.05) is 47.1 Å². The quantitative estimate of drug-likeness (QED) is 0.435. The highest BCUT2D eigenvalue weighted by atomic mass is 13.9. The standard InChI is InChI=1S/C15H23/c1-6-14(4)10-8-12-15(5)11-7-9-13(2)3/h6,8-10,12H,1,7,11H2,2-5H3. The lowest BCUT2D eigenvalue weighted by atomic mass is 10.1. The van der Waals surface area contributed by atoms with Gasteiger partial charge in [-0.05, 0) is 47.5 Å². The first-order valence-electron chi connectivity index (χ1n) is 5.49. The van der Waals surface area contributed by atoms with Crippen LogP contribution in [-0.4, -0.2) is 0 Å². The van der Waals surface area contributed by atoms with Gasteiger partial charge in [-0.2, -0.15) is 0 Å². The molecule has 0 fully saturated rings. The van der Waals surface area contributed by atoms with E-state index in [4.69, 9.17) is 0 Å². The van der Waals surface area contributed by atoms with Crippen LogP contribution in [0.4, 0.5) is 0 Å². The predicted molar refractivity (Wildman–Crippen MR) is 70.7 cm³/mol. The molecule has 0 unspecified atom stereocenters. The van der Waals surface area contributed by atoms with E-state index in [0.29, 0.717) is 0 Å². The summed E-state index contributed by atoms with van der Waals surface area (Å²) in [5, 5.41) is 0. The van der Waals surface area contributed by atoms with Gasteiger partial charge in [0.15, 0.2) is 0 Å². The fourth-order valence-corrected chi connectivity index (χ4v) is 1.10. The van der Waals surface area contributed by atoms with Crippen LogP contribution in [0, 0.1) is 6.92 Å². The maximum absolute atomic E-state index is 3.71. The van der Waals surface area contributed by atoms with Gasteiger partial charge in [-0.25, -0.2) is 0 Å². The molecule has 1 radical (unpaired) electrons. The van der Waals surface area contributed by atoms with Crippen LogP contribution in [0.5, 0.6) is 0 Å². The van der Waals surface area contributed by atoms with E-state index in [2.05, 4.69) is 58.9 Å². The molecule has 0 heterocycles. The van der Waals surface area contributed by atoms with Gasteiger partial charge >= 0.3 is 0 Å². The molecule has 0 aromatic heterocycles. The monoisotopic (exact) mass is 203 g/mol. The zero-order chi connectivity index (χ0) is 11.7. The maximum atomic E-state index is 3.71. The summed E-state index contributed by atoms with van der Waals surface area (Å²) in [4.78, 5) is 0. The molecule has 0 aliphatic heterocycles. The molecule has 0 heteroatoms. The molecule has 0 aromatic carbocycles. The normalized spacial score (nSPS) is 13.4. The van der Waals surface area contributed by atoms with E-state index in [1.165, 1.54) is 16.7 Å². The van der Waals surface area contributed by atoms with Gasteiger partial charge in [0.1, 0.15) is 0 Å². The lowest BCUT2D eigenvalue weighted by molar-refractivity contribution is 0.967. The van der Waals surface area contributed by atoms with Crippen LogP contribution in [0.25, 0.3) is 0 Å². The summed E-state index contributed by atoms with van der Waals surface area (Å²) in [5.74, 6) is 0. The molecule has 0 aromatic rings. The Kier molecular flexibility index (Phi) is 7.71. The molecule has 0 amide bonds. The fraction of sp³-hybridized carbons (Fsp3) is 0.400. The molecular formula is C15H23. The third-order valence-corrected chi connectivity index (χ3v) is 2.15. The van der Waals surface area contributed by atoms with E-state index in [-0.39, 0.29) is 0 Å². The summed E-state index contributed by atoms with van der Waals surface area (Å²) in [6.07, 6.45) is 12.8. The first kappa shape index (κ1) is 14.0. The Morgan fingerprint density at radius 3 is 2.33 bits per heavy atom. The van der Waals surface area contributed by atoms with Gasteiger partial charge in [-0.15, -0.1) is 0 Å². The van der Waals surface area contributed by atoms with Crippen molar-refractivity contribution in [3.63, 3.8) is 0 Å². The van der Waals surface area contributed by atoms with Crippen molar-refractivity contribution >= 4 is 0 Å². The van der Waals surface area contributed by atoms with Crippen LogP contribution in [0.3, 0.4) is 0 Å². The van der Waals surface area contributed by atoms with Crippen molar-refractivity contribution in [1.82, 2.24) is 0 Å². The van der Waals surface area contributed by atoms with Crippen molar-refractivity contribution < 1.29 is 0 Å². The first-order valence-corrected chi connectivity index (χ1v) is 5.49. The molecule has 0 N–H and O–H groups in total. The lowest BCUT2D eigenvalue weighted by Gasteiger charge is -1.96. The Bertz CT molecular complexity index is 281. The maximum Gasteiger partial charge on any atom is -0.0285 e. The molecule has 0 aliphatic rings. The molecule has 0 bridgehead atoms. The van der Waals surface area contributed by atoms with E-state index < -0.39 is 0 Å². The highest BCUT2D eigenvalue weighted by Crippen LogP contribution is 2.07. The van der Waals surface area contributed by atoms with Crippen molar-refractivity contribution in [2.75, 3.05) is 0 Å². The van der Waals surface area contributed by atoms with Crippen molar-refractivity contribution in [3.8, 4) is 0 Å². The fourth-order valence-electron chi connectivity index (χ4n) is 1.10. The third kappa shape index (κ3) is 9.27. The minimum absolute atomic E-state index is 1.14. The minimum atomic E-state index is 1.14. The molecular weight excluding hydrogens is 180 g/mol.